The van der Waals surface area contributed by atoms with Crippen molar-refractivity contribution in [2.75, 3.05) is 26.9 Å². The summed E-state index contributed by atoms with van der Waals surface area (Å²) in [4.78, 5) is 0. The molecule has 19 heavy (non-hydrogen) atoms. The van der Waals surface area contributed by atoms with E-state index < -0.39 is 0 Å². The van der Waals surface area contributed by atoms with Crippen LogP contribution in [-0.4, -0.2) is 32.9 Å². The maximum atomic E-state index is 6.35. The maximum Gasteiger partial charge on any atom is 0.122 e. The lowest BCUT2D eigenvalue weighted by molar-refractivity contribution is 0.0719. The Hall–Kier alpha value is -1.10. The van der Waals surface area contributed by atoms with Crippen molar-refractivity contribution in [1.82, 2.24) is 5.32 Å². The molecular weight excluding hydrogens is 240 g/mol. The Morgan fingerprint density at radius 3 is 2.84 bits per heavy atom. The number of methoxy groups -OCH3 is 1. The van der Waals surface area contributed by atoms with Crippen molar-refractivity contribution in [3.8, 4) is 5.75 Å². The normalized spacial score (nSPS) is 21.2. The predicted octanol–water partition coefficient (Wildman–Crippen LogP) is 1.69. The number of nitrogens with one attached hydrogen (secondary N) is 1. The highest BCUT2D eigenvalue weighted by Crippen LogP contribution is 2.28. The van der Waals surface area contributed by atoms with E-state index in [2.05, 4.69) is 25.2 Å². The van der Waals surface area contributed by atoms with Crippen LogP contribution in [0.5, 0.6) is 5.75 Å². The zero-order valence-electron chi connectivity index (χ0n) is 12.0. The molecule has 106 valence electrons. The minimum atomic E-state index is 0.0313. The highest BCUT2D eigenvalue weighted by Gasteiger charge is 2.19. The first-order valence-electron chi connectivity index (χ1n) is 6.84. The van der Waals surface area contributed by atoms with E-state index in [1.165, 1.54) is 16.7 Å². The minimum absolute atomic E-state index is 0.0313. The Kier molecular flexibility index (Phi) is 4.80. The summed E-state index contributed by atoms with van der Waals surface area (Å²) in [6, 6.07) is 4.46. The smallest absolute Gasteiger partial charge is 0.122 e. The van der Waals surface area contributed by atoms with E-state index in [0.29, 0.717) is 6.04 Å². The standard InChI is InChI=1S/C15H24N2O2/c1-10-11(2)15(18-3)5-4-13(10)14(16)8-12-9-19-7-6-17-12/h4-5,12,14,17H,6-9,16H2,1-3H3. The van der Waals surface area contributed by atoms with Crippen LogP contribution >= 0.6 is 0 Å². The highest BCUT2D eigenvalue weighted by molar-refractivity contribution is 5.44. The van der Waals surface area contributed by atoms with E-state index in [1.54, 1.807) is 7.11 Å². The van der Waals surface area contributed by atoms with E-state index in [9.17, 15) is 0 Å². The second kappa shape index (κ2) is 6.37. The van der Waals surface area contributed by atoms with Crippen molar-refractivity contribution in [2.45, 2.75) is 32.4 Å². The van der Waals surface area contributed by atoms with Gasteiger partial charge in [0.2, 0.25) is 0 Å². The number of rotatable bonds is 4. The molecule has 0 aliphatic carbocycles. The maximum absolute atomic E-state index is 6.35. The van der Waals surface area contributed by atoms with Gasteiger partial charge in [-0.15, -0.1) is 0 Å². The third-order valence-corrected chi connectivity index (χ3v) is 3.94. The average Bonchev–Trinajstić information content (AvgIpc) is 2.42. The molecule has 4 nitrogen and oxygen atoms in total. The fourth-order valence-corrected chi connectivity index (χ4v) is 2.64. The fraction of sp³-hybridized carbons (Fsp3) is 0.600. The second-order valence-electron chi connectivity index (χ2n) is 5.18. The van der Waals surface area contributed by atoms with Gasteiger partial charge >= 0.3 is 0 Å². The van der Waals surface area contributed by atoms with Crippen molar-refractivity contribution in [2.24, 2.45) is 5.73 Å². The zero-order valence-corrected chi connectivity index (χ0v) is 12.0. The van der Waals surface area contributed by atoms with E-state index in [1.807, 2.05) is 6.07 Å². The van der Waals surface area contributed by atoms with Gasteiger partial charge in [0, 0.05) is 18.6 Å². The number of hydrogen-bond acceptors (Lipinski definition) is 4. The Labute approximate surface area is 115 Å². The van der Waals surface area contributed by atoms with E-state index in [0.717, 1.165) is 31.9 Å². The molecule has 0 bridgehead atoms. The van der Waals surface area contributed by atoms with Gasteiger partial charge in [-0.05, 0) is 43.0 Å². The first-order chi connectivity index (χ1) is 9.13. The third kappa shape index (κ3) is 3.26. The summed E-state index contributed by atoms with van der Waals surface area (Å²) in [5.74, 6) is 0.924. The lowest BCUT2D eigenvalue weighted by atomic mass is 9.93. The SMILES string of the molecule is COc1ccc(C(N)CC2COCCN2)c(C)c1C. The number of hydrogen-bond donors (Lipinski definition) is 2. The Morgan fingerprint density at radius 2 is 2.21 bits per heavy atom. The molecule has 2 atom stereocenters. The molecule has 1 aromatic rings. The van der Waals surface area contributed by atoms with Crippen LogP contribution in [-0.2, 0) is 4.74 Å². The minimum Gasteiger partial charge on any atom is -0.496 e. The molecule has 1 aromatic carbocycles. The summed E-state index contributed by atoms with van der Waals surface area (Å²) in [7, 11) is 1.70. The molecule has 0 spiro atoms. The van der Waals surface area contributed by atoms with E-state index in [-0.39, 0.29) is 6.04 Å². The summed E-state index contributed by atoms with van der Waals surface area (Å²) in [6.45, 7) is 6.65. The van der Waals surface area contributed by atoms with Crippen LogP contribution in [0, 0.1) is 13.8 Å². The van der Waals surface area contributed by atoms with Crippen LogP contribution in [0.4, 0.5) is 0 Å². The molecule has 1 aliphatic rings. The lowest BCUT2D eigenvalue weighted by Crippen LogP contribution is -2.42. The van der Waals surface area contributed by atoms with Crippen LogP contribution in [0.15, 0.2) is 12.1 Å². The Morgan fingerprint density at radius 1 is 1.42 bits per heavy atom. The summed E-state index contributed by atoms with van der Waals surface area (Å²) < 4.78 is 10.8. The first-order valence-corrected chi connectivity index (χ1v) is 6.84. The second-order valence-corrected chi connectivity index (χ2v) is 5.18. The quantitative estimate of drug-likeness (QED) is 0.869. The average molecular weight is 264 g/mol. The summed E-state index contributed by atoms with van der Waals surface area (Å²) in [6.07, 6.45) is 0.895. The van der Waals surface area contributed by atoms with Gasteiger partial charge in [-0.1, -0.05) is 6.07 Å². The molecule has 1 saturated heterocycles. The molecule has 3 N–H and O–H groups in total. The lowest BCUT2D eigenvalue weighted by Gasteiger charge is -2.27. The number of benzene rings is 1. The first kappa shape index (κ1) is 14.3. The molecule has 1 fully saturated rings. The topological polar surface area (TPSA) is 56.5 Å². The van der Waals surface area contributed by atoms with Gasteiger partial charge in [-0.25, -0.2) is 0 Å². The van der Waals surface area contributed by atoms with Crippen molar-refractivity contribution < 1.29 is 9.47 Å². The van der Waals surface area contributed by atoms with Gasteiger partial charge in [0.15, 0.2) is 0 Å². The predicted molar refractivity (Wildman–Crippen MR) is 76.6 cm³/mol. The van der Waals surface area contributed by atoms with Gasteiger partial charge in [-0.3, -0.25) is 0 Å². The van der Waals surface area contributed by atoms with Gasteiger partial charge in [-0.2, -0.15) is 0 Å². The fourth-order valence-electron chi connectivity index (χ4n) is 2.64. The summed E-state index contributed by atoms with van der Waals surface area (Å²) >= 11 is 0. The van der Waals surface area contributed by atoms with Crippen LogP contribution in [0.1, 0.15) is 29.2 Å². The van der Waals surface area contributed by atoms with Crippen molar-refractivity contribution >= 4 is 0 Å². The van der Waals surface area contributed by atoms with Gasteiger partial charge < -0.3 is 20.5 Å². The highest BCUT2D eigenvalue weighted by atomic mass is 16.5. The third-order valence-electron chi connectivity index (χ3n) is 3.94. The van der Waals surface area contributed by atoms with Gasteiger partial charge in [0.25, 0.3) is 0 Å². The van der Waals surface area contributed by atoms with Crippen molar-refractivity contribution in [3.63, 3.8) is 0 Å². The Balaban J connectivity index is 2.10. The molecule has 0 radical (unpaired) electrons. The van der Waals surface area contributed by atoms with E-state index in [4.69, 9.17) is 15.2 Å². The summed E-state index contributed by atoms with van der Waals surface area (Å²) in [5.41, 5.74) is 9.95. The molecule has 0 amide bonds. The zero-order chi connectivity index (χ0) is 13.8. The molecule has 1 aliphatic heterocycles. The van der Waals surface area contributed by atoms with Crippen molar-refractivity contribution in [3.05, 3.63) is 28.8 Å². The van der Waals surface area contributed by atoms with E-state index >= 15 is 0 Å². The molecule has 2 rings (SSSR count). The number of nitrogens with two attached hydrogens (primary N) is 1. The molecule has 0 saturated carbocycles. The molecular formula is C15H24N2O2. The largest absolute Gasteiger partial charge is 0.496 e. The number of ether oxygens (including phenoxy) is 2. The summed E-state index contributed by atoms with van der Waals surface area (Å²) in [5, 5.41) is 3.45. The molecule has 4 heteroatoms. The van der Waals surface area contributed by atoms with Gasteiger partial charge in [0.1, 0.15) is 5.75 Å². The number of morpholine rings is 1. The molecule has 1 heterocycles. The van der Waals surface area contributed by atoms with Crippen LogP contribution in [0.2, 0.25) is 0 Å². The molecule has 2 unspecified atom stereocenters. The monoisotopic (exact) mass is 264 g/mol. The van der Waals surface area contributed by atoms with Crippen LogP contribution in [0.3, 0.4) is 0 Å². The van der Waals surface area contributed by atoms with Crippen LogP contribution in [0.25, 0.3) is 0 Å². The molecule has 0 aromatic heterocycles. The Bertz CT molecular complexity index is 428. The van der Waals surface area contributed by atoms with Crippen molar-refractivity contribution in [1.29, 1.82) is 0 Å². The van der Waals surface area contributed by atoms with Crippen LogP contribution < -0.4 is 15.8 Å². The van der Waals surface area contributed by atoms with Gasteiger partial charge in [0.05, 0.1) is 20.3 Å².